The number of benzene rings is 4. The molecule has 0 radical (unpaired) electrons. The van der Waals surface area contributed by atoms with Gasteiger partial charge in [0.05, 0.1) is 34.8 Å². The Bertz CT molecular complexity index is 2800. The van der Waals surface area contributed by atoms with E-state index in [-0.39, 0.29) is 33.0 Å². The number of carbonyl (C=O) groups is 1. The van der Waals surface area contributed by atoms with Gasteiger partial charge in [-0.25, -0.2) is 0 Å². The lowest BCUT2D eigenvalue weighted by Gasteiger charge is -2.31. The number of piperidine rings is 1. The maximum Gasteiger partial charge on any atom is 0.307 e. The molecular formula is C52H51Cl2N5O7. The number of aromatic nitrogens is 2. The van der Waals surface area contributed by atoms with Crippen molar-refractivity contribution in [3.05, 3.63) is 163 Å². The smallest absolute Gasteiger partial charge is 0.307 e. The zero-order valence-electron chi connectivity index (χ0n) is 37.1. The van der Waals surface area contributed by atoms with Crippen molar-refractivity contribution in [1.82, 2.24) is 14.9 Å². The number of hydrogen-bond acceptors (Lipinski definition) is 11. The monoisotopic (exact) mass is 927 g/mol. The summed E-state index contributed by atoms with van der Waals surface area (Å²) in [5, 5.41) is 20.6. The fourth-order valence-electron chi connectivity index (χ4n) is 8.18. The molecule has 0 aliphatic carbocycles. The van der Waals surface area contributed by atoms with Gasteiger partial charge in [0.1, 0.15) is 49.4 Å². The first-order chi connectivity index (χ1) is 32.1. The standard InChI is InChI=1S/C52H51Cl2N5O7/c1-32-38(30-65-50-17-48(63-29-36-14-40(23-57-22-36)47-24-58-47)41(15-45(50)53)26-59-12-6-9-37(25-59)52(61)62)7-4-10-43(32)44-11-5-8-39(33(44)2)31-66-51-18-49(42(27-60)16-46(51)54)64-28-35-13-34(19-55-3)20-56-21-35/h4-5,7-8,10-11,13-23,37,60H,6,9,12,24-31H2,1-3H3,(H,61,62)/b55-19+/t37-/m0/s1. The third-order valence-corrected chi connectivity index (χ3v) is 12.5. The Kier molecular flexibility index (Phi) is 14.9. The van der Waals surface area contributed by atoms with Gasteiger partial charge in [0.25, 0.3) is 0 Å². The third kappa shape index (κ3) is 11.4. The van der Waals surface area contributed by atoms with Crippen LogP contribution in [0.1, 0.15) is 68.5 Å². The first kappa shape index (κ1) is 46.2. The summed E-state index contributed by atoms with van der Waals surface area (Å²) in [6, 6.07) is 23.4. The Hall–Kier alpha value is -6.31. The average molecular weight is 929 g/mol. The predicted molar refractivity (Wildman–Crippen MR) is 257 cm³/mol. The van der Waals surface area contributed by atoms with Crippen LogP contribution in [0.15, 0.2) is 108 Å². The molecule has 0 amide bonds. The first-order valence-electron chi connectivity index (χ1n) is 21.8. The number of hydrogen-bond donors (Lipinski definition) is 2. The number of carboxylic acids is 1. The van der Waals surface area contributed by atoms with Crippen LogP contribution in [0, 0.1) is 19.8 Å². The number of aliphatic carboxylic acids is 1. The summed E-state index contributed by atoms with van der Waals surface area (Å²) in [5.74, 6) is 0.793. The van der Waals surface area contributed by atoms with Crippen molar-refractivity contribution in [2.45, 2.75) is 66.3 Å². The van der Waals surface area contributed by atoms with Gasteiger partial charge in [-0.1, -0.05) is 59.6 Å². The zero-order valence-corrected chi connectivity index (χ0v) is 38.6. The minimum atomic E-state index is -0.773. The molecule has 0 bridgehead atoms. The van der Waals surface area contributed by atoms with Gasteiger partial charge in [0, 0.05) is 96.7 Å². The van der Waals surface area contributed by atoms with E-state index in [1.807, 2.05) is 54.7 Å². The van der Waals surface area contributed by atoms with Gasteiger partial charge in [0.2, 0.25) is 0 Å². The van der Waals surface area contributed by atoms with Gasteiger partial charge in [-0.3, -0.25) is 29.6 Å². The van der Waals surface area contributed by atoms with Crippen LogP contribution >= 0.6 is 23.2 Å². The number of nitrogens with zero attached hydrogens (tertiary/aromatic N) is 5. The molecule has 66 heavy (non-hydrogen) atoms. The summed E-state index contributed by atoms with van der Waals surface area (Å²) >= 11 is 13.6. The number of halogens is 2. The normalized spacial score (nSPS) is 14.8. The minimum absolute atomic E-state index is 0.230. The van der Waals surface area contributed by atoms with Gasteiger partial charge in [0.15, 0.2) is 0 Å². The summed E-state index contributed by atoms with van der Waals surface area (Å²) in [6.45, 7) is 7.36. The highest BCUT2D eigenvalue weighted by molar-refractivity contribution is 6.32. The number of ether oxygens (including phenoxy) is 4. The van der Waals surface area contributed by atoms with E-state index in [0.717, 1.165) is 86.4 Å². The molecule has 2 aliphatic heterocycles. The molecule has 0 unspecified atom stereocenters. The lowest BCUT2D eigenvalue weighted by molar-refractivity contribution is -0.143. The SMILES string of the molecule is C/N=C/c1cncc(COc2cc(OCc3cccc(-c4cccc(COc5cc(OCc6cncc(C7=NC7)c6)c(CN6CCC[C@H](C(=O)O)C6)cc5Cl)c4C)c3C)c(Cl)cc2CO)c1. The number of aliphatic hydroxyl groups is 1. The van der Waals surface area contributed by atoms with Crippen molar-refractivity contribution >= 4 is 41.1 Å². The number of aliphatic imine (C=N–C) groups is 2. The van der Waals surface area contributed by atoms with Gasteiger partial charge >= 0.3 is 5.97 Å². The van der Waals surface area contributed by atoms with E-state index in [2.05, 4.69) is 50.8 Å². The van der Waals surface area contributed by atoms with Crippen molar-refractivity contribution in [3.63, 3.8) is 0 Å². The van der Waals surface area contributed by atoms with Crippen LogP contribution in [-0.2, 0) is 44.4 Å². The Morgan fingerprint density at radius 3 is 1.92 bits per heavy atom. The predicted octanol–water partition coefficient (Wildman–Crippen LogP) is 10.0. The Balaban J connectivity index is 0.976. The molecule has 1 saturated heterocycles. The van der Waals surface area contributed by atoms with E-state index in [0.29, 0.717) is 58.1 Å². The fourth-order valence-corrected chi connectivity index (χ4v) is 8.66. The van der Waals surface area contributed by atoms with Crippen LogP contribution in [0.2, 0.25) is 10.0 Å². The molecular weight excluding hydrogens is 878 g/mol. The fraction of sp³-hybridized carbons (Fsp3) is 0.288. The second-order valence-corrected chi connectivity index (χ2v) is 17.4. The summed E-state index contributed by atoms with van der Waals surface area (Å²) in [7, 11) is 1.71. The van der Waals surface area contributed by atoms with Crippen LogP contribution in [0.4, 0.5) is 0 Å². The molecule has 4 aromatic carbocycles. The molecule has 14 heteroatoms. The Morgan fingerprint density at radius 2 is 1.33 bits per heavy atom. The third-order valence-electron chi connectivity index (χ3n) is 11.9. The molecule has 6 aromatic rings. The van der Waals surface area contributed by atoms with Gasteiger partial charge in [-0.15, -0.1) is 0 Å². The van der Waals surface area contributed by atoms with E-state index in [1.54, 1.807) is 44.0 Å². The largest absolute Gasteiger partial charge is 0.488 e. The van der Waals surface area contributed by atoms with Crippen LogP contribution in [0.5, 0.6) is 23.0 Å². The molecule has 0 saturated carbocycles. The van der Waals surface area contributed by atoms with Crippen LogP contribution in [0.3, 0.4) is 0 Å². The molecule has 8 rings (SSSR count). The maximum atomic E-state index is 11.9. The lowest BCUT2D eigenvalue weighted by Crippen LogP contribution is -2.38. The van der Waals surface area contributed by atoms with E-state index in [1.165, 1.54) is 0 Å². The van der Waals surface area contributed by atoms with Crippen molar-refractivity contribution in [1.29, 1.82) is 0 Å². The highest BCUT2D eigenvalue weighted by atomic mass is 35.5. The second-order valence-electron chi connectivity index (χ2n) is 16.5. The molecule has 4 heterocycles. The summed E-state index contributed by atoms with van der Waals surface area (Å²) in [4.78, 5) is 31.0. The number of likely N-dealkylation sites (tertiary alicyclic amines) is 1. The van der Waals surface area contributed by atoms with Gasteiger partial charge in [-0.05, 0) is 90.9 Å². The molecule has 2 aliphatic rings. The minimum Gasteiger partial charge on any atom is -0.488 e. The molecule has 2 N–H and O–H groups in total. The highest BCUT2D eigenvalue weighted by Gasteiger charge is 2.27. The topological polar surface area (TPSA) is 148 Å². The quantitative estimate of drug-likeness (QED) is 0.0752. The summed E-state index contributed by atoms with van der Waals surface area (Å²) in [6.07, 6.45) is 10.2. The maximum absolute atomic E-state index is 11.9. The van der Waals surface area contributed by atoms with Crippen molar-refractivity contribution in [2.75, 3.05) is 26.7 Å². The van der Waals surface area contributed by atoms with Crippen LogP contribution in [-0.4, -0.2) is 69.7 Å². The number of pyridine rings is 2. The van der Waals surface area contributed by atoms with E-state index in [4.69, 9.17) is 42.1 Å². The molecule has 0 spiro atoms. The van der Waals surface area contributed by atoms with Crippen molar-refractivity contribution < 1.29 is 34.0 Å². The average Bonchev–Trinajstić information content (AvgIpc) is 4.18. The van der Waals surface area contributed by atoms with Gasteiger partial charge < -0.3 is 29.2 Å². The Morgan fingerprint density at radius 1 is 0.758 bits per heavy atom. The zero-order chi connectivity index (χ0) is 46.2. The van der Waals surface area contributed by atoms with Gasteiger partial charge in [-0.2, -0.15) is 0 Å². The van der Waals surface area contributed by atoms with E-state index in [9.17, 15) is 15.0 Å². The van der Waals surface area contributed by atoms with Crippen LogP contribution < -0.4 is 18.9 Å². The molecule has 2 aromatic heterocycles. The van der Waals surface area contributed by atoms with E-state index >= 15 is 0 Å². The number of aliphatic hydroxyl groups excluding tert-OH is 1. The summed E-state index contributed by atoms with van der Waals surface area (Å²) < 4.78 is 25.4. The van der Waals surface area contributed by atoms with Crippen molar-refractivity contribution in [2.24, 2.45) is 15.9 Å². The highest BCUT2D eigenvalue weighted by Crippen LogP contribution is 2.38. The van der Waals surface area contributed by atoms with Crippen molar-refractivity contribution in [3.8, 4) is 34.1 Å². The molecule has 340 valence electrons. The molecule has 12 nitrogen and oxygen atoms in total. The molecule has 1 atom stereocenters. The summed E-state index contributed by atoms with van der Waals surface area (Å²) in [5.41, 5.74) is 12.2. The Labute approximate surface area is 394 Å². The van der Waals surface area contributed by atoms with Crippen LogP contribution in [0.25, 0.3) is 11.1 Å². The number of rotatable bonds is 19. The molecule has 1 fully saturated rings. The second kappa shape index (κ2) is 21.3. The lowest BCUT2D eigenvalue weighted by atomic mass is 9.92. The van der Waals surface area contributed by atoms with E-state index < -0.39 is 11.9 Å². The first-order valence-corrected chi connectivity index (χ1v) is 22.6. The number of carboxylic acid groups (broad SMARTS) is 1.